The van der Waals surface area contributed by atoms with Crippen molar-refractivity contribution in [2.75, 3.05) is 7.11 Å². The largest absolute Gasteiger partial charge is 0.488 e. The van der Waals surface area contributed by atoms with Gasteiger partial charge < -0.3 is 14.8 Å². The van der Waals surface area contributed by atoms with Crippen molar-refractivity contribution >= 4 is 24.2 Å². The van der Waals surface area contributed by atoms with Crippen LogP contribution in [0.1, 0.15) is 5.56 Å². The van der Waals surface area contributed by atoms with Crippen LogP contribution in [0.2, 0.25) is 5.02 Å². The molecule has 0 atom stereocenters. The van der Waals surface area contributed by atoms with Crippen LogP contribution in [-0.4, -0.2) is 24.3 Å². The van der Waals surface area contributed by atoms with Crippen LogP contribution in [0, 0.1) is 0 Å². The van der Waals surface area contributed by atoms with Crippen LogP contribution in [0.15, 0.2) is 18.2 Å². The lowest BCUT2D eigenvalue weighted by molar-refractivity contribution is 0.185. The van der Waals surface area contributed by atoms with E-state index in [0.29, 0.717) is 17.1 Å². The molecule has 1 aromatic carbocycles. The normalized spacial score (nSPS) is 10.2. The lowest BCUT2D eigenvalue weighted by Gasteiger charge is -2.05. The van der Waals surface area contributed by atoms with Crippen molar-refractivity contribution in [2.45, 2.75) is 6.61 Å². The molecule has 0 radical (unpaired) electrons. The van der Waals surface area contributed by atoms with Gasteiger partial charge in [0, 0.05) is 12.1 Å². The molecule has 1 aromatic rings. The van der Waals surface area contributed by atoms with Gasteiger partial charge >= 0.3 is 7.12 Å². The van der Waals surface area contributed by atoms with Crippen molar-refractivity contribution in [1.82, 2.24) is 0 Å². The second kappa shape index (κ2) is 4.62. The van der Waals surface area contributed by atoms with E-state index in [1.807, 2.05) is 0 Å². The maximum atomic E-state index is 8.88. The minimum Gasteiger partial charge on any atom is -0.423 e. The van der Waals surface area contributed by atoms with Crippen LogP contribution in [0.3, 0.4) is 0 Å². The highest BCUT2D eigenvalue weighted by molar-refractivity contribution is 6.58. The van der Waals surface area contributed by atoms with Crippen LogP contribution in [0.5, 0.6) is 0 Å². The summed E-state index contributed by atoms with van der Waals surface area (Å²) in [5, 5.41) is 18.3. The van der Waals surface area contributed by atoms with Crippen molar-refractivity contribution in [2.24, 2.45) is 0 Å². The van der Waals surface area contributed by atoms with E-state index >= 15 is 0 Å². The molecule has 0 amide bonds. The molecule has 0 aliphatic carbocycles. The Balaban J connectivity index is 2.97. The molecule has 0 heterocycles. The van der Waals surface area contributed by atoms with E-state index in [4.69, 9.17) is 26.4 Å². The third-order valence-corrected chi connectivity index (χ3v) is 2.04. The average Bonchev–Trinajstić information content (AvgIpc) is 2.08. The quantitative estimate of drug-likeness (QED) is 0.684. The van der Waals surface area contributed by atoms with Gasteiger partial charge in [-0.1, -0.05) is 23.7 Å². The second-order valence-electron chi connectivity index (χ2n) is 2.66. The summed E-state index contributed by atoms with van der Waals surface area (Å²) in [6.45, 7) is 0.361. The standard InChI is InChI=1S/C8H10BClO3/c1-13-5-6-4-7(9(11)12)2-3-8(6)10/h2-4,11-12H,5H2,1H3. The van der Waals surface area contributed by atoms with E-state index in [-0.39, 0.29) is 0 Å². The first-order chi connectivity index (χ1) is 6.15. The summed E-state index contributed by atoms with van der Waals surface area (Å²) in [4.78, 5) is 0. The molecule has 0 bridgehead atoms. The molecule has 1 rings (SSSR count). The highest BCUT2D eigenvalue weighted by atomic mass is 35.5. The number of hydrogen-bond donors (Lipinski definition) is 2. The minimum absolute atomic E-state index is 0.361. The highest BCUT2D eigenvalue weighted by Gasteiger charge is 2.12. The van der Waals surface area contributed by atoms with E-state index in [1.165, 1.54) is 0 Å². The monoisotopic (exact) mass is 200 g/mol. The van der Waals surface area contributed by atoms with Gasteiger partial charge in [-0.15, -0.1) is 0 Å². The van der Waals surface area contributed by atoms with Gasteiger partial charge in [0.15, 0.2) is 0 Å². The zero-order valence-electron chi connectivity index (χ0n) is 7.20. The molecule has 3 nitrogen and oxygen atoms in total. The predicted octanol–water partition coefficient (Wildman–Crippen LogP) is 0.166. The predicted molar refractivity (Wildman–Crippen MR) is 52.0 cm³/mol. The number of rotatable bonds is 3. The lowest BCUT2D eigenvalue weighted by Crippen LogP contribution is -2.30. The summed E-state index contributed by atoms with van der Waals surface area (Å²) >= 11 is 5.84. The Morgan fingerprint density at radius 3 is 2.69 bits per heavy atom. The molecule has 0 fully saturated rings. The summed E-state index contributed by atoms with van der Waals surface area (Å²) < 4.78 is 4.90. The lowest BCUT2D eigenvalue weighted by atomic mass is 9.80. The molecule has 0 saturated carbocycles. The molecule has 0 aliphatic rings. The van der Waals surface area contributed by atoms with E-state index in [0.717, 1.165) is 5.56 Å². The van der Waals surface area contributed by atoms with Gasteiger partial charge in [-0.3, -0.25) is 0 Å². The number of halogens is 1. The third-order valence-electron chi connectivity index (χ3n) is 1.67. The van der Waals surface area contributed by atoms with Crippen molar-refractivity contribution in [3.05, 3.63) is 28.8 Å². The molecule has 0 saturated heterocycles. The first-order valence-electron chi connectivity index (χ1n) is 3.78. The molecule has 13 heavy (non-hydrogen) atoms. The van der Waals surface area contributed by atoms with E-state index in [2.05, 4.69) is 0 Å². The van der Waals surface area contributed by atoms with Crippen LogP contribution in [0.4, 0.5) is 0 Å². The summed E-state index contributed by atoms with van der Waals surface area (Å²) in [6, 6.07) is 4.79. The molecule has 70 valence electrons. The molecular formula is C8H10BClO3. The number of methoxy groups -OCH3 is 1. The molecule has 0 aliphatic heterocycles. The maximum absolute atomic E-state index is 8.88. The topological polar surface area (TPSA) is 49.7 Å². The Morgan fingerprint density at radius 1 is 1.46 bits per heavy atom. The number of benzene rings is 1. The van der Waals surface area contributed by atoms with Crippen molar-refractivity contribution in [3.63, 3.8) is 0 Å². The number of ether oxygens (including phenoxy) is 1. The van der Waals surface area contributed by atoms with Crippen molar-refractivity contribution in [3.8, 4) is 0 Å². The van der Waals surface area contributed by atoms with E-state index < -0.39 is 7.12 Å². The first-order valence-corrected chi connectivity index (χ1v) is 4.16. The summed E-state index contributed by atoms with van der Waals surface area (Å²) in [6.07, 6.45) is 0. The van der Waals surface area contributed by atoms with E-state index in [1.54, 1.807) is 25.3 Å². The summed E-state index contributed by atoms with van der Waals surface area (Å²) in [5.74, 6) is 0. The Labute approximate surface area is 82.1 Å². The van der Waals surface area contributed by atoms with Crippen molar-refractivity contribution < 1.29 is 14.8 Å². The van der Waals surface area contributed by atoms with Crippen LogP contribution < -0.4 is 5.46 Å². The highest BCUT2D eigenvalue weighted by Crippen LogP contribution is 2.14. The van der Waals surface area contributed by atoms with E-state index in [9.17, 15) is 0 Å². The molecule has 0 aromatic heterocycles. The van der Waals surface area contributed by atoms with Gasteiger partial charge in [-0.2, -0.15) is 0 Å². The Hall–Kier alpha value is -0.545. The Kier molecular flexibility index (Phi) is 3.75. The van der Waals surface area contributed by atoms with Crippen LogP contribution in [0.25, 0.3) is 0 Å². The molecular weight excluding hydrogens is 190 g/mol. The smallest absolute Gasteiger partial charge is 0.423 e. The minimum atomic E-state index is -1.46. The van der Waals surface area contributed by atoms with Gasteiger partial charge in [0.1, 0.15) is 0 Å². The van der Waals surface area contributed by atoms with Crippen LogP contribution in [-0.2, 0) is 11.3 Å². The summed E-state index contributed by atoms with van der Waals surface area (Å²) in [7, 11) is 0.0890. The van der Waals surface area contributed by atoms with Gasteiger partial charge in [0.25, 0.3) is 0 Å². The second-order valence-corrected chi connectivity index (χ2v) is 3.06. The SMILES string of the molecule is COCc1cc(B(O)O)ccc1Cl. The maximum Gasteiger partial charge on any atom is 0.488 e. The Morgan fingerprint density at radius 2 is 2.15 bits per heavy atom. The fourth-order valence-corrected chi connectivity index (χ4v) is 1.19. The Bertz CT molecular complexity index is 291. The zero-order valence-corrected chi connectivity index (χ0v) is 7.95. The molecule has 0 unspecified atom stereocenters. The van der Waals surface area contributed by atoms with Gasteiger partial charge in [-0.05, 0) is 17.1 Å². The van der Waals surface area contributed by atoms with Gasteiger partial charge in [0.05, 0.1) is 6.61 Å². The zero-order chi connectivity index (χ0) is 9.84. The third kappa shape index (κ3) is 2.71. The average molecular weight is 200 g/mol. The first kappa shape index (κ1) is 10.5. The fourth-order valence-electron chi connectivity index (χ4n) is 1.02. The molecule has 0 spiro atoms. The van der Waals surface area contributed by atoms with Crippen molar-refractivity contribution in [1.29, 1.82) is 0 Å². The molecule has 2 N–H and O–H groups in total. The molecule has 5 heteroatoms. The fraction of sp³-hybridized carbons (Fsp3) is 0.250. The van der Waals surface area contributed by atoms with Gasteiger partial charge in [0.2, 0.25) is 0 Å². The summed E-state index contributed by atoms with van der Waals surface area (Å²) in [5.41, 5.74) is 1.16. The van der Waals surface area contributed by atoms with Gasteiger partial charge in [-0.25, -0.2) is 0 Å². The number of hydrogen-bond acceptors (Lipinski definition) is 3. The van der Waals surface area contributed by atoms with Crippen LogP contribution >= 0.6 is 11.6 Å².